The van der Waals surface area contributed by atoms with E-state index >= 15 is 0 Å². The fraction of sp³-hybridized carbons (Fsp3) is 0.150. The van der Waals surface area contributed by atoms with Crippen LogP contribution in [0.3, 0.4) is 0 Å². The Bertz CT molecular complexity index is 1200. The third-order valence-corrected chi connectivity index (χ3v) is 4.40. The number of aromatic nitrogens is 3. The van der Waals surface area contributed by atoms with Crippen molar-refractivity contribution in [1.29, 1.82) is 0 Å². The summed E-state index contributed by atoms with van der Waals surface area (Å²) in [5.41, 5.74) is 3.03. The number of carbonyl (C=O) groups excluding carboxylic acids is 1. The topological polar surface area (TPSA) is 65.6 Å². The Hall–Kier alpha value is -3.41. The lowest BCUT2D eigenvalue weighted by molar-refractivity contribution is 0.0470. The molecule has 0 aliphatic rings. The van der Waals surface area contributed by atoms with Gasteiger partial charge in [-0.15, -0.1) is 0 Å². The molecule has 0 aliphatic heterocycles. The van der Waals surface area contributed by atoms with E-state index in [1.165, 1.54) is 10.5 Å². The average molecular weight is 347 g/mol. The molecule has 6 nitrogen and oxygen atoms in total. The molecule has 26 heavy (non-hydrogen) atoms. The molecule has 0 amide bonds. The van der Waals surface area contributed by atoms with Gasteiger partial charge in [-0.1, -0.05) is 24.3 Å². The molecular formula is C20H17N3O3. The molecule has 0 atom stereocenters. The summed E-state index contributed by atoms with van der Waals surface area (Å²) in [4.78, 5) is 29.2. The Labute approximate surface area is 149 Å². The van der Waals surface area contributed by atoms with Crippen molar-refractivity contribution in [1.82, 2.24) is 14.0 Å². The van der Waals surface area contributed by atoms with Gasteiger partial charge in [-0.3, -0.25) is 9.20 Å². The van der Waals surface area contributed by atoms with E-state index in [4.69, 9.17) is 4.74 Å². The number of rotatable bonds is 3. The molecule has 0 saturated heterocycles. The van der Waals surface area contributed by atoms with Gasteiger partial charge in [0.2, 0.25) is 0 Å². The molecule has 4 aromatic rings. The number of fused-ring (bicyclic) bond motifs is 2. The summed E-state index contributed by atoms with van der Waals surface area (Å²) >= 11 is 0. The number of para-hydroxylation sites is 1. The van der Waals surface area contributed by atoms with Gasteiger partial charge < -0.3 is 9.30 Å². The number of benzene rings is 1. The van der Waals surface area contributed by atoms with Crippen LogP contribution in [0.1, 0.15) is 21.7 Å². The number of pyridine rings is 1. The predicted molar refractivity (Wildman–Crippen MR) is 98.2 cm³/mol. The van der Waals surface area contributed by atoms with Gasteiger partial charge >= 0.3 is 5.97 Å². The Balaban J connectivity index is 1.62. The number of ether oxygens (including phenoxy) is 1. The summed E-state index contributed by atoms with van der Waals surface area (Å²) < 4.78 is 8.81. The fourth-order valence-electron chi connectivity index (χ4n) is 3.16. The second-order valence-electron chi connectivity index (χ2n) is 6.19. The first kappa shape index (κ1) is 16.1. The van der Waals surface area contributed by atoms with E-state index < -0.39 is 5.97 Å². The van der Waals surface area contributed by atoms with Crippen molar-refractivity contribution >= 4 is 22.5 Å². The minimum atomic E-state index is -0.437. The highest BCUT2D eigenvalue weighted by Gasteiger charge is 2.15. The Kier molecular flexibility index (Phi) is 3.80. The second-order valence-corrected chi connectivity index (χ2v) is 6.19. The van der Waals surface area contributed by atoms with Crippen molar-refractivity contribution in [3.8, 4) is 0 Å². The van der Waals surface area contributed by atoms with E-state index in [2.05, 4.69) is 4.98 Å². The zero-order chi connectivity index (χ0) is 18.3. The van der Waals surface area contributed by atoms with Gasteiger partial charge in [0.1, 0.15) is 12.3 Å². The molecule has 0 aliphatic carbocycles. The highest BCUT2D eigenvalue weighted by atomic mass is 16.5. The van der Waals surface area contributed by atoms with E-state index in [0.29, 0.717) is 16.9 Å². The number of esters is 1. The highest BCUT2D eigenvalue weighted by molar-refractivity contribution is 6.04. The van der Waals surface area contributed by atoms with Crippen molar-refractivity contribution < 1.29 is 9.53 Å². The summed E-state index contributed by atoms with van der Waals surface area (Å²) in [6.45, 7) is 1.79. The minimum Gasteiger partial charge on any atom is -0.456 e. The summed E-state index contributed by atoms with van der Waals surface area (Å²) in [6, 6.07) is 14.5. The van der Waals surface area contributed by atoms with Crippen LogP contribution >= 0.6 is 0 Å². The van der Waals surface area contributed by atoms with E-state index in [-0.39, 0.29) is 12.2 Å². The van der Waals surface area contributed by atoms with E-state index in [9.17, 15) is 9.59 Å². The molecule has 1 aromatic carbocycles. The van der Waals surface area contributed by atoms with Gasteiger partial charge in [-0.2, -0.15) is 0 Å². The first-order chi connectivity index (χ1) is 12.5. The van der Waals surface area contributed by atoms with E-state index in [1.54, 1.807) is 12.3 Å². The lowest BCUT2D eigenvalue weighted by Crippen LogP contribution is -2.18. The lowest BCUT2D eigenvalue weighted by atomic mass is 10.2. The van der Waals surface area contributed by atoms with Gasteiger partial charge in [-0.05, 0) is 25.1 Å². The van der Waals surface area contributed by atoms with Crippen LogP contribution in [0.2, 0.25) is 0 Å². The third kappa shape index (κ3) is 2.65. The molecule has 0 N–H and O–H groups in total. The zero-order valence-electron chi connectivity index (χ0n) is 14.5. The van der Waals surface area contributed by atoms with Crippen molar-refractivity contribution in [2.75, 3.05) is 0 Å². The summed E-state index contributed by atoms with van der Waals surface area (Å²) in [5.74, 6) is -0.437. The van der Waals surface area contributed by atoms with Crippen LogP contribution in [0.25, 0.3) is 16.6 Å². The second kappa shape index (κ2) is 6.15. The van der Waals surface area contributed by atoms with Crippen molar-refractivity contribution in [3.63, 3.8) is 0 Å². The smallest absolute Gasteiger partial charge is 0.340 e. The molecule has 6 heteroatoms. The number of aryl methyl sites for hydroxylation is 2. The van der Waals surface area contributed by atoms with Gasteiger partial charge in [0.05, 0.1) is 11.3 Å². The van der Waals surface area contributed by atoms with Crippen LogP contribution in [0.5, 0.6) is 0 Å². The number of carbonyl (C=O) groups is 1. The highest BCUT2D eigenvalue weighted by Crippen LogP contribution is 2.21. The van der Waals surface area contributed by atoms with Crippen LogP contribution in [-0.2, 0) is 18.4 Å². The SMILES string of the molecule is Cc1cccc2nc(COC(=O)c3cn(C)c4ccccc34)cc(=O)n12. The normalized spacial score (nSPS) is 11.2. The number of hydrogen-bond donors (Lipinski definition) is 0. The molecule has 0 bridgehead atoms. The molecule has 0 saturated carbocycles. The maximum atomic E-state index is 12.5. The molecule has 4 rings (SSSR count). The van der Waals surface area contributed by atoms with Crippen LogP contribution in [0.4, 0.5) is 0 Å². The molecule has 0 radical (unpaired) electrons. The molecular weight excluding hydrogens is 330 g/mol. The number of hydrogen-bond acceptors (Lipinski definition) is 4. The van der Waals surface area contributed by atoms with Crippen LogP contribution in [-0.4, -0.2) is 19.9 Å². The first-order valence-electron chi connectivity index (χ1n) is 8.24. The Morgan fingerprint density at radius 1 is 1.15 bits per heavy atom. The van der Waals surface area contributed by atoms with Crippen LogP contribution < -0.4 is 5.56 Å². The molecule has 3 heterocycles. The number of nitrogens with zero attached hydrogens (tertiary/aromatic N) is 3. The maximum absolute atomic E-state index is 12.5. The summed E-state index contributed by atoms with van der Waals surface area (Å²) in [5, 5.41) is 0.835. The third-order valence-electron chi connectivity index (χ3n) is 4.40. The predicted octanol–water partition coefficient (Wildman–Crippen LogP) is 2.85. The van der Waals surface area contributed by atoms with Crippen molar-refractivity contribution in [2.24, 2.45) is 7.05 Å². The average Bonchev–Trinajstić information content (AvgIpc) is 2.97. The molecule has 0 spiro atoms. The first-order valence-corrected chi connectivity index (χ1v) is 8.24. The maximum Gasteiger partial charge on any atom is 0.340 e. The largest absolute Gasteiger partial charge is 0.456 e. The molecule has 0 unspecified atom stereocenters. The fourth-order valence-corrected chi connectivity index (χ4v) is 3.16. The molecule has 3 aromatic heterocycles. The van der Waals surface area contributed by atoms with Crippen LogP contribution in [0, 0.1) is 6.92 Å². The van der Waals surface area contributed by atoms with Gasteiger partial charge in [0.25, 0.3) is 5.56 Å². The van der Waals surface area contributed by atoms with Gasteiger partial charge in [-0.25, -0.2) is 9.78 Å². The lowest BCUT2D eigenvalue weighted by Gasteiger charge is -2.07. The van der Waals surface area contributed by atoms with Gasteiger partial charge in [0, 0.05) is 35.9 Å². The summed E-state index contributed by atoms with van der Waals surface area (Å²) in [6.07, 6.45) is 1.75. The summed E-state index contributed by atoms with van der Waals surface area (Å²) in [7, 11) is 1.88. The zero-order valence-corrected chi connectivity index (χ0v) is 14.5. The minimum absolute atomic E-state index is 0.0538. The quantitative estimate of drug-likeness (QED) is 0.535. The van der Waals surface area contributed by atoms with E-state index in [1.807, 2.05) is 54.9 Å². The molecule has 0 fully saturated rings. The van der Waals surface area contributed by atoms with Crippen molar-refractivity contribution in [3.05, 3.63) is 82.0 Å². The monoisotopic (exact) mass is 347 g/mol. The Morgan fingerprint density at radius 2 is 1.96 bits per heavy atom. The molecule has 130 valence electrons. The van der Waals surface area contributed by atoms with Crippen LogP contribution in [0.15, 0.2) is 59.5 Å². The van der Waals surface area contributed by atoms with Gasteiger partial charge in [0.15, 0.2) is 0 Å². The van der Waals surface area contributed by atoms with E-state index in [0.717, 1.165) is 16.6 Å². The Morgan fingerprint density at radius 3 is 2.81 bits per heavy atom. The van der Waals surface area contributed by atoms with Crippen molar-refractivity contribution in [2.45, 2.75) is 13.5 Å². The standard InChI is InChI=1S/C20H17N3O3/c1-13-6-5-9-18-21-14(10-19(24)23(13)18)12-26-20(25)16-11-22(2)17-8-4-3-7-15(16)17/h3-11H,12H2,1-2H3.